The number of aromatic nitrogens is 1. The lowest BCUT2D eigenvalue weighted by molar-refractivity contribution is -0.140. The van der Waals surface area contributed by atoms with Crippen LogP contribution in [0.1, 0.15) is 20.9 Å². The van der Waals surface area contributed by atoms with Crippen molar-refractivity contribution >= 4 is 38.8 Å². The van der Waals surface area contributed by atoms with Gasteiger partial charge in [-0.25, -0.2) is 9.37 Å². The second kappa shape index (κ2) is 6.62. The summed E-state index contributed by atoms with van der Waals surface area (Å²) in [7, 11) is 0. The molecule has 1 heterocycles. The monoisotopic (exact) mass is 423 g/mol. The molecule has 12 heteroatoms. The molecule has 0 atom stereocenters. The van der Waals surface area contributed by atoms with Gasteiger partial charge in [0, 0.05) is 11.4 Å². The molecule has 4 nitrogen and oxygen atoms in total. The number of anilines is 2. The Morgan fingerprint density at radius 2 is 1.71 bits per heavy atom. The highest BCUT2D eigenvalue weighted by molar-refractivity contribution is 7.18. The first-order valence-corrected chi connectivity index (χ1v) is 8.13. The smallest absolute Gasteiger partial charge is 0.398 e. The maximum Gasteiger partial charge on any atom is 0.443 e. The predicted molar refractivity (Wildman–Crippen MR) is 88.4 cm³/mol. The average Bonchev–Trinajstić information content (AvgIpc) is 2.97. The molecular weight excluding hydrogens is 415 g/mol. The molecule has 3 rings (SSSR count). The fourth-order valence-electron chi connectivity index (χ4n) is 2.33. The molecule has 0 aliphatic carbocycles. The number of halogens is 7. The van der Waals surface area contributed by atoms with Crippen LogP contribution in [0.5, 0.6) is 0 Å². The standard InChI is InChI=1S/C16H8F7N3OS/c17-9-2-1-6(3-8(9)15(18,19)20)25-13(27)7-4-11-12(5-10(7)24)28-14(26-11)16(21,22)23/h1-5H,24H2,(H,25,27). The van der Waals surface area contributed by atoms with Crippen LogP contribution in [0.2, 0.25) is 0 Å². The average molecular weight is 423 g/mol. The van der Waals surface area contributed by atoms with Crippen molar-refractivity contribution in [2.75, 3.05) is 11.1 Å². The van der Waals surface area contributed by atoms with Crippen LogP contribution in [-0.4, -0.2) is 10.9 Å². The van der Waals surface area contributed by atoms with E-state index < -0.39 is 34.6 Å². The lowest BCUT2D eigenvalue weighted by Crippen LogP contribution is -2.15. The van der Waals surface area contributed by atoms with Crippen LogP contribution < -0.4 is 11.1 Å². The summed E-state index contributed by atoms with van der Waals surface area (Å²) >= 11 is 0.335. The molecule has 3 aromatic rings. The van der Waals surface area contributed by atoms with Gasteiger partial charge in [0.15, 0.2) is 5.01 Å². The second-order valence-corrected chi connectivity index (χ2v) is 6.60. The quantitative estimate of drug-likeness (QED) is 0.434. The third-order valence-electron chi connectivity index (χ3n) is 3.58. The van der Waals surface area contributed by atoms with E-state index in [1.165, 1.54) is 0 Å². The number of hydrogen-bond acceptors (Lipinski definition) is 4. The Morgan fingerprint density at radius 1 is 1.04 bits per heavy atom. The molecule has 0 aliphatic heterocycles. The maximum absolute atomic E-state index is 13.3. The molecule has 0 bridgehead atoms. The molecule has 3 N–H and O–H groups in total. The highest BCUT2D eigenvalue weighted by Crippen LogP contribution is 2.37. The molecule has 0 saturated heterocycles. The Kier molecular flexibility index (Phi) is 4.69. The van der Waals surface area contributed by atoms with Gasteiger partial charge in [-0.3, -0.25) is 4.79 Å². The molecule has 0 fully saturated rings. The van der Waals surface area contributed by atoms with E-state index in [-0.39, 0.29) is 27.2 Å². The second-order valence-electron chi connectivity index (χ2n) is 5.57. The first kappa shape index (κ1) is 19.9. The number of hydrogen-bond donors (Lipinski definition) is 2. The van der Waals surface area contributed by atoms with E-state index in [0.717, 1.165) is 18.2 Å². The summed E-state index contributed by atoms with van der Waals surface area (Å²) in [5, 5.41) is 0.977. The summed E-state index contributed by atoms with van der Waals surface area (Å²) in [6, 6.07) is 3.94. The summed E-state index contributed by atoms with van der Waals surface area (Å²) in [5.41, 5.74) is 3.10. The molecule has 148 valence electrons. The summed E-state index contributed by atoms with van der Waals surface area (Å²) in [4.78, 5) is 15.7. The van der Waals surface area contributed by atoms with Crippen LogP contribution in [-0.2, 0) is 12.4 Å². The number of benzene rings is 2. The topological polar surface area (TPSA) is 68.0 Å². The van der Waals surface area contributed by atoms with Crippen LogP contribution >= 0.6 is 11.3 Å². The van der Waals surface area contributed by atoms with E-state index in [9.17, 15) is 35.5 Å². The fraction of sp³-hybridized carbons (Fsp3) is 0.125. The largest absolute Gasteiger partial charge is 0.443 e. The van der Waals surface area contributed by atoms with E-state index in [0.29, 0.717) is 23.5 Å². The number of nitrogen functional groups attached to an aromatic ring is 1. The van der Waals surface area contributed by atoms with Crippen molar-refractivity contribution in [1.29, 1.82) is 0 Å². The molecule has 1 amide bonds. The van der Waals surface area contributed by atoms with Crippen LogP contribution in [0.15, 0.2) is 30.3 Å². The summed E-state index contributed by atoms with van der Waals surface area (Å²) in [6.07, 6.45) is -9.65. The molecule has 2 aromatic carbocycles. The Bertz CT molecular complexity index is 1070. The van der Waals surface area contributed by atoms with Crippen molar-refractivity contribution in [3.8, 4) is 0 Å². The number of nitrogens with two attached hydrogens (primary N) is 1. The SMILES string of the molecule is Nc1cc2sc(C(F)(F)F)nc2cc1C(=O)Nc1ccc(F)c(C(F)(F)F)c1. The normalized spacial score (nSPS) is 12.4. The summed E-state index contributed by atoms with van der Waals surface area (Å²) in [6.45, 7) is 0. The third kappa shape index (κ3) is 3.86. The van der Waals surface area contributed by atoms with Gasteiger partial charge >= 0.3 is 12.4 Å². The number of carbonyl (C=O) groups is 1. The molecule has 0 unspecified atom stereocenters. The van der Waals surface area contributed by atoms with Gasteiger partial charge in [0.2, 0.25) is 0 Å². The van der Waals surface area contributed by atoms with Crippen molar-refractivity contribution in [2.45, 2.75) is 12.4 Å². The minimum absolute atomic E-state index is 0.0857. The number of nitrogens with one attached hydrogen (secondary N) is 1. The number of amides is 1. The number of carbonyl (C=O) groups excluding carboxylic acids is 1. The molecule has 28 heavy (non-hydrogen) atoms. The van der Waals surface area contributed by atoms with Crippen molar-refractivity contribution < 1.29 is 35.5 Å². The van der Waals surface area contributed by atoms with Gasteiger partial charge in [0.1, 0.15) is 5.82 Å². The van der Waals surface area contributed by atoms with E-state index in [1.807, 2.05) is 0 Å². The van der Waals surface area contributed by atoms with E-state index in [4.69, 9.17) is 5.73 Å². The number of alkyl halides is 6. The van der Waals surface area contributed by atoms with Crippen molar-refractivity contribution in [3.63, 3.8) is 0 Å². The van der Waals surface area contributed by atoms with Gasteiger partial charge in [-0.05, 0) is 30.3 Å². The van der Waals surface area contributed by atoms with Gasteiger partial charge in [-0.1, -0.05) is 0 Å². The Labute approximate surface area is 155 Å². The third-order valence-corrected chi connectivity index (χ3v) is 4.64. The first-order chi connectivity index (χ1) is 12.9. The molecule has 0 radical (unpaired) electrons. The number of fused-ring (bicyclic) bond motifs is 1. The van der Waals surface area contributed by atoms with Gasteiger partial charge in [-0.15, -0.1) is 11.3 Å². The predicted octanol–water partition coefficient (Wildman–Crippen LogP) is 5.31. The number of rotatable bonds is 2. The van der Waals surface area contributed by atoms with Gasteiger partial charge in [0.25, 0.3) is 5.91 Å². The Morgan fingerprint density at radius 3 is 2.32 bits per heavy atom. The van der Waals surface area contributed by atoms with E-state index in [2.05, 4.69) is 10.3 Å². The van der Waals surface area contributed by atoms with Crippen LogP contribution in [0, 0.1) is 5.82 Å². The zero-order chi connectivity index (χ0) is 20.9. The zero-order valence-electron chi connectivity index (χ0n) is 13.4. The van der Waals surface area contributed by atoms with Crippen LogP contribution in [0.4, 0.5) is 42.1 Å². The zero-order valence-corrected chi connectivity index (χ0v) is 14.2. The molecule has 0 aliphatic rings. The van der Waals surface area contributed by atoms with E-state index in [1.54, 1.807) is 0 Å². The van der Waals surface area contributed by atoms with Gasteiger partial charge in [0.05, 0.1) is 21.3 Å². The van der Waals surface area contributed by atoms with Crippen molar-refractivity contribution in [3.05, 3.63) is 52.3 Å². The highest BCUT2D eigenvalue weighted by atomic mass is 32.1. The lowest BCUT2D eigenvalue weighted by atomic mass is 10.1. The minimum atomic E-state index is -4.97. The van der Waals surface area contributed by atoms with Crippen molar-refractivity contribution in [2.24, 2.45) is 0 Å². The highest BCUT2D eigenvalue weighted by Gasteiger charge is 2.36. The Hall–Kier alpha value is -2.89. The molecule has 0 spiro atoms. The van der Waals surface area contributed by atoms with Gasteiger partial charge < -0.3 is 11.1 Å². The number of thiazole rings is 1. The Balaban J connectivity index is 1.95. The summed E-state index contributed by atoms with van der Waals surface area (Å²) in [5.74, 6) is -2.51. The molecular formula is C16H8F7N3OS. The first-order valence-electron chi connectivity index (χ1n) is 7.31. The minimum Gasteiger partial charge on any atom is -0.398 e. The van der Waals surface area contributed by atoms with Crippen LogP contribution in [0.3, 0.4) is 0 Å². The lowest BCUT2D eigenvalue weighted by Gasteiger charge is -2.12. The van der Waals surface area contributed by atoms with E-state index >= 15 is 0 Å². The van der Waals surface area contributed by atoms with Crippen molar-refractivity contribution in [1.82, 2.24) is 4.98 Å². The van der Waals surface area contributed by atoms with Crippen LogP contribution in [0.25, 0.3) is 10.2 Å². The summed E-state index contributed by atoms with van der Waals surface area (Å²) < 4.78 is 89.9. The molecule has 0 saturated carbocycles. The fourth-order valence-corrected chi connectivity index (χ4v) is 3.19. The van der Waals surface area contributed by atoms with Gasteiger partial charge in [-0.2, -0.15) is 26.3 Å². The molecule has 1 aromatic heterocycles. The number of nitrogens with zero attached hydrogens (tertiary/aromatic N) is 1. The maximum atomic E-state index is 13.3.